The molecule has 0 saturated heterocycles. The van der Waals surface area contributed by atoms with Gasteiger partial charge in [0.05, 0.1) is 0 Å². The van der Waals surface area contributed by atoms with Crippen molar-refractivity contribution in [2.75, 3.05) is 18.5 Å². The van der Waals surface area contributed by atoms with Gasteiger partial charge in [-0.3, -0.25) is 0 Å². The summed E-state index contributed by atoms with van der Waals surface area (Å²) in [5.41, 5.74) is 5.86. The van der Waals surface area contributed by atoms with Crippen LogP contribution < -0.4 is 16.3 Å². The molecule has 0 amide bonds. The Balaban J connectivity index is 2.38. The number of nitrogens with zero attached hydrogens (tertiary/aromatic N) is 4. The summed E-state index contributed by atoms with van der Waals surface area (Å²) in [4.78, 5) is 13.2. The third-order valence-electron chi connectivity index (χ3n) is 2.21. The maximum atomic E-state index is 11.3. The van der Waals surface area contributed by atoms with Gasteiger partial charge in [0, 0.05) is 19.6 Å². The number of anilines is 1. The molecule has 0 aliphatic carbocycles. The van der Waals surface area contributed by atoms with E-state index in [1.54, 1.807) is 12.1 Å². The molecule has 2 aromatic rings. The maximum absolute atomic E-state index is 11.3. The van der Waals surface area contributed by atoms with Crippen LogP contribution in [-0.4, -0.2) is 39.4 Å². The Bertz CT molecular complexity index is 542. The number of nitrogens with one attached hydrogen (secondary N) is 1. The fourth-order valence-corrected chi connectivity index (χ4v) is 1.52. The highest BCUT2D eigenvalue weighted by Crippen LogP contribution is 2.07. The first-order valence-electron chi connectivity index (χ1n) is 4.99. The molecule has 16 heavy (non-hydrogen) atoms. The van der Waals surface area contributed by atoms with Gasteiger partial charge in [0.25, 0.3) is 0 Å². The van der Waals surface area contributed by atoms with Crippen LogP contribution in [0.3, 0.4) is 0 Å². The second-order valence-electron chi connectivity index (χ2n) is 3.85. The Labute approximate surface area is 91.9 Å². The molecule has 2 rings (SSSR count). The summed E-state index contributed by atoms with van der Waals surface area (Å²) in [6.07, 6.45) is 0. The summed E-state index contributed by atoms with van der Waals surface area (Å²) < 4.78 is 1.23. The van der Waals surface area contributed by atoms with E-state index >= 15 is 0 Å². The highest BCUT2D eigenvalue weighted by atomic mass is 16.2. The van der Waals surface area contributed by atoms with Crippen molar-refractivity contribution in [3.8, 4) is 0 Å². The first kappa shape index (κ1) is 10.6. The topological polar surface area (TPSA) is 92.3 Å². The molecule has 1 atom stereocenters. The average molecular weight is 222 g/mol. The number of H-pyrrole nitrogens is 1. The van der Waals surface area contributed by atoms with Crippen LogP contribution in [0, 0.1) is 0 Å². The number of aromatic nitrogens is 4. The lowest BCUT2D eigenvalue weighted by Crippen LogP contribution is -2.33. The van der Waals surface area contributed by atoms with Gasteiger partial charge in [-0.15, -0.1) is 5.10 Å². The van der Waals surface area contributed by atoms with Crippen molar-refractivity contribution in [1.29, 1.82) is 0 Å². The van der Waals surface area contributed by atoms with Crippen LogP contribution in [-0.2, 0) is 0 Å². The number of hydrogen-bond acceptors (Lipinski definition) is 5. The van der Waals surface area contributed by atoms with Crippen LogP contribution in [0.1, 0.15) is 6.92 Å². The van der Waals surface area contributed by atoms with Gasteiger partial charge >= 0.3 is 5.69 Å². The molecule has 3 N–H and O–H groups in total. The molecular formula is C9H14N6O. The van der Waals surface area contributed by atoms with E-state index in [0.29, 0.717) is 18.0 Å². The van der Waals surface area contributed by atoms with Crippen LogP contribution in [0.25, 0.3) is 5.65 Å². The number of rotatable bonds is 3. The number of hydrogen-bond donors (Lipinski definition) is 2. The highest BCUT2D eigenvalue weighted by Gasteiger charge is 2.07. The molecule has 0 bridgehead atoms. The molecule has 0 aliphatic heterocycles. The van der Waals surface area contributed by atoms with Crippen molar-refractivity contribution >= 4 is 11.5 Å². The van der Waals surface area contributed by atoms with Gasteiger partial charge in [-0.1, -0.05) is 0 Å². The van der Waals surface area contributed by atoms with Gasteiger partial charge in [0.15, 0.2) is 5.65 Å². The summed E-state index contributed by atoms with van der Waals surface area (Å²) in [6.45, 7) is 2.59. The van der Waals surface area contributed by atoms with Crippen molar-refractivity contribution in [3.05, 3.63) is 22.6 Å². The molecule has 0 aliphatic rings. The van der Waals surface area contributed by atoms with Crippen LogP contribution in [0.4, 0.5) is 5.82 Å². The van der Waals surface area contributed by atoms with E-state index in [1.165, 1.54) is 4.52 Å². The van der Waals surface area contributed by atoms with E-state index in [0.717, 1.165) is 0 Å². The Kier molecular flexibility index (Phi) is 2.61. The minimum atomic E-state index is -0.342. The third kappa shape index (κ3) is 1.89. The summed E-state index contributed by atoms with van der Waals surface area (Å²) in [6, 6.07) is 3.58. The van der Waals surface area contributed by atoms with Gasteiger partial charge in [-0.2, -0.15) is 9.61 Å². The molecule has 1 unspecified atom stereocenters. The fraction of sp³-hybridized carbons (Fsp3) is 0.444. The van der Waals surface area contributed by atoms with Gasteiger partial charge in [-0.25, -0.2) is 9.89 Å². The molecule has 0 spiro atoms. The van der Waals surface area contributed by atoms with Gasteiger partial charge in [0.1, 0.15) is 5.82 Å². The van der Waals surface area contributed by atoms with Crippen molar-refractivity contribution in [2.45, 2.75) is 13.0 Å². The van der Waals surface area contributed by atoms with Crippen LogP contribution in [0.2, 0.25) is 0 Å². The van der Waals surface area contributed by atoms with Crippen LogP contribution in [0.15, 0.2) is 16.9 Å². The highest BCUT2D eigenvalue weighted by molar-refractivity contribution is 5.44. The van der Waals surface area contributed by atoms with E-state index in [1.807, 2.05) is 18.9 Å². The molecule has 7 nitrogen and oxygen atoms in total. The normalized spacial score (nSPS) is 12.9. The minimum absolute atomic E-state index is 0.0450. The number of nitrogens with two attached hydrogens (primary N) is 1. The second kappa shape index (κ2) is 3.93. The lowest BCUT2D eigenvalue weighted by molar-refractivity contribution is 0.703. The molecule has 2 aromatic heterocycles. The number of fused-ring (bicyclic) bond motifs is 1. The van der Waals surface area contributed by atoms with Crippen molar-refractivity contribution in [2.24, 2.45) is 5.73 Å². The fourth-order valence-electron chi connectivity index (χ4n) is 1.52. The predicted molar refractivity (Wildman–Crippen MR) is 60.5 cm³/mol. The van der Waals surface area contributed by atoms with Crippen molar-refractivity contribution < 1.29 is 0 Å². The quantitative estimate of drug-likeness (QED) is 0.709. The molecule has 2 heterocycles. The van der Waals surface area contributed by atoms with Gasteiger partial charge in [0.2, 0.25) is 0 Å². The van der Waals surface area contributed by atoms with Gasteiger partial charge < -0.3 is 10.6 Å². The molecule has 0 radical (unpaired) electrons. The van der Waals surface area contributed by atoms with E-state index in [4.69, 9.17) is 5.73 Å². The Hall–Kier alpha value is -1.89. The monoisotopic (exact) mass is 222 g/mol. The Morgan fingerprint density at radius 2 is 2.38 bits per heavy atom. The smallest absolute Gasteiger partial charge is 0.357 e. The zero-order chi connectivity index (χ0) is 11.7. The van der Waals surface area contributed by atoms with Crippen molar-refractivity contribution in [3.63, 3.8) is 0 Å². The lowest BCUT2D eigenvalue weighted by atomic mass is 10.3. The Morgan fingerprint density at radius 1 is 1.62 bits per heavy atom. The molecule has 0 aromatic carbocycles. The number of likely N-dealkylation sites (N-methyl/N-ethyl adjacent to an activating group) is 1. The Morgan fingerprint density at radius 3 is 3.06 bits per heavy atom. The summed E-state index contributed by atoms with van der Waals surface area (Å²) in [7, 11) is 1.88. The van der Waals surface area contributed by atoms with Crippen molar-refractivity contribution in [1.82, 2.24) is 19.8 Å². The molecule has 7 heteroatoms. The third-order valence-corrected chi connectivity index (χ3v) is 2.21. The van der Waals surface area contributed by atoms with E-state index in [-0.39, 0.29) is 11.7 Å². The van der Waals surface area contributed by atoms with E-state index in [9.17, 15) is 4.79 Å². The summed E-state index contributed by atoms with van der Waals surface area (Å²) in [5.74, 6) is 0.688. The number of aromatic amines is 1. The average Bonchev–Trinajstić information content (AvgIpc) is 2.59. The first-order chi connectivity index (χ1) is 7.58. The standard InChI is InChI=1S/C9H14N6O/c1-6(10)5-14(2)8-4-3-7-11-12-9(16)15(7)13-8/h3-4,6H,5,10H2,1-2H3,(H,12,16). The largest absolute Gasteiger partial charge is 0.364 e. The minimum Gasteiger partial charge on any atom is -0.357 e. The van der Waals surface area contributed by atoms with E-state index in [2.05, 4.69) is 15.3 Å². The van der Waals surface area contributed by atoms with Crippen LogP contribution in [0.5, 0.6) is 0 Å². The van der Waals surface area contributed by atoms with Crippen LogP contribution >= 0.6 is 0 Å². The van der Waals surface area contributed by atoms with Gasteiger partial charge in [-0.05, 0) is 19.1 Å². The second-order valence-corrected chi connectivity index (χ2v) is 3.85. The zero-order valence-electron chi connectivity index (χ0n) is 9.21. The molecule has 86 valence electrons. The lowest BCUT2D eigenvalue weighted by Gasteiger charge is -2.19. The summed E-state index contributed by atoms with van der Waals surface area (Å²) in [5, 5.41) is 10.3. The SMILES string of the molecule is CC(N)CN(C)c1ccc2n[nH]c(=O)n2n1. The maximum Gasteiger partial charge on any atom is 0.364 e. The molecule has 0 fully saturated rings. The first-order valence-corrected chi connectivity index (χ1v) is 4.99. The predicted octanol–water partition coefficient (Wildman–Crippen LogP) is -0.799. The molecule has 0 saturated carbocycles. The molecular weight excluding hydrogens is 208 g/mol. The summed E-state index contributed by atoms with van der Waals surface area (Å²) >= 11 is 0. The zero-order valence-corrected chi connectivity index (χ0v) is 9.21. The van der Waals surface area contributed by atoms with E-state index < -0.39 is 0 Å².